The molecule has 4 N–H and O–H groups in total. The number of hydrazine groups is 1. The normalized spacial score (nSPS) is 10.6. The van der Waals surface area contributed by atoms with Crippen molar-refractivity contribution in [2.45, 2.75) is 33.2 Å². The molecule has 0 atom stereocenters. The first-order valence-electron chi connectivity index (χ1n) is 6.56. The van der Waals surface area contributed by atoms with E-state index < -0.39 is 0 Å². The molecule has 2 aromatic heterocycles. The second kappa shape index (κ2) is 6.29. The smallest absolute Gasteiger partial charge is 0.169 e. The Labute approximate surface area is 117 Å². The van der Waals surface area contributed by atoms with E-state index in [0.29, 0.717) is 18.2 Å². The fourth-order valence-electron chi connectivity index (χ4n) is 1.84. The Bertz CT molecular complexity index is 577. The second-order valence-electron chi connectivity index (χ2n) is 4.54. The highest BCUT2D eigenvalue weighted by Crippen LogP contribution is 2.20. The number of aryl methyl sites for hydroxylation is 2. The zero-order valence-corrected chi connectivity index (χ0v) is 12.0. The van der Waals surface area contributed by atoms with Crippen LogP contribution in [0.2, 0.25) is 0 Å². The molecular formula is C12H20N8. The van der Waals surface area contributed by atoms with Crippen LogP contribution in [0.25, 0.3) is 0 Å². The van der Waals surface area contributed by atoms with E-state index in [-0.39, 0.29) is 0 Å². The molecule has 0 aliphatic carbocycles. The van der Waals surface area contributed by atoms with Crippen LogP contribution in [0.5, 0.6) is 0 Å². The lowest BCUT2D eigenvalue weighted by atomic mass is 10.2. The molecule has 0 fully saturated rings. The highest BCUT2D eigenvalue weighted by Gasteiger charge is 2.10. The molecule has 0 radical (unpaired) electrons. The van der Waals surface area contributed by atoms with Gasteiger partial charge in [0.2, 0.25) is 0 Å². The van der Waals surface area contributed by atoms with Gasteiger partial charge in [-0.15, -0.1) is 0 Å². The lowest BCUT2D eigenvalue weighted by Crippen LogP contribution is -2.15. The van der Waals surface area contributed by atoms with Crippen LogP contribution in [0, 0.1) is 6.92 Å². The van der Waals surface area contributed by atoms with Gasteiger partial charge in [0.25, 0.3) is 0 Å². The summed E-state index contributed by atoms with van der Waals surface area (Å²) >= 11 is 0. The van der Waals surface area contributed by atoms with Gasteiger partial charge in [-0.3, -0.25) is 4.68 Å². The number of nitrogen functional groups attached to an aromatic ring is 1. The maximum atomic E-state index is 5.50. The summed E-state index contributed by atoms with van der Waals surface area (Å²) in [6.45, 7) is 4.51. The molecule has 0 aromatic carbocycles. The van der Waals surface area contributed by atoms with E-state index in [1.807, 2.05) is 14.0 Å². The fraction of sp³-hybridized carbons (Fsp3) is 0.500. The number of aromatic nitrogens is 5. The van der Waals surface area contributed by atoms with Gasteiger partial charge in [-0.05, 0) is 13.3 Å². The molecule has 0 saturated heterocycles. The molecular weight excluding hydrogens is 256 g/mol. The molecule has 0 amide bonds. The van der Waals surface area contributed by atoms with Gasteiger partial charge in [-0.1, -0.05) is 6.92 Å². The van der Waals surface area contributed by atoms with Crippen LogP contribution in [0.1, 0.15) is 30.6 Å². The minimum Gasteiger partial charge on any atom is -0.362 e. The number of nitrogens with zero attached hydrogens (tertiary/aromatic N) is 5. The van der Waals surface area contributed by atoms with Crippen LogP contribution < -0.4 is 16.6 Å². The number of anilines is 2. The van der Waals surface area contributed by atoms with Gasteiger partial charge in [0.1, 0.15) is 23.8 Å². The van der Waals surface area contributed by atoms with Crippen LogP contribution in [0.15, 0.2) is 6.33 Å². The van der Waals surface area contributed by atoms with Gasteiger partial charge >= 0.3 is 0 Å². The molecule has 20 heavy (non-hydrogen) atoms. The van der Waals surface area contributed by atoms with E-state index in [1.54, 1.807) is 11.0 Å². The van der Waals surface area contributed by atoms with Crippen LogP contribution >= 0.6 is 0 Å². The molecule has 2 heterocycles. The summed E-state index contributed by atoms with van der Waals surface area (Å²) in [5, 5.41) is 7.45. The SMILES string of the molecule is CCCc1nc(NN)c(C)c(NCc2ncn(C)n2)n1. The summed E-state index contributed by atoms with van der Waals surface area (Å²) in [5.74, 6) is 8.37. The predicted molar refractivity (Wildman–Crippen MR) is 76.9 cm³/mol. The summed E-state index contributed by atoms with van der Waals surface area (Å²) < 4.78 is 1.67. The lowest BCUT2D eigenvalue weighted by molar-refractivity contribution is 0.746. The van der Waals surface area contributed by atoms with E-state index >= 15 is 0 Å². The first-order chi connectivity index (χ1) is 9.63. The summed E-state index contributed by atoms with van der Waals surface area (Å²) in [4.78, 5) is 13.1. The van der Waals surface area contributed by atoms with E-state index in [2.05, 4.69) is 37.7 Å². The molecule has 8 nitrogen and oxygen atoms in total. The molecule has 0 aliphatic rings. The van der Waals surface area contributed by atoms with Crippen molar-refractivity contribution >= 4 is 11.6 Å². The molecule has 2 rings (SSSR count). The first kappa shape index (κ1) is 14.2. The molecule has 0 unspecified atom stereocenters. The van der Waals surface area contributed by atoms with Gasteiger partial charge < -0.3 is 10.7 Å². The van der Waals surface area contributed by atoms with E-state index in [4.69, 9.17) is 5.84 Å². The molecule has 0 bridgehead atoms. The number of hydrogen-bond acceptors (Lipinski definition) is 7. The highest BCUT2D eigenvalue weighted by atomic mass is 15.3. The van der Waals surface area contributed by atoms with Crippen molar-refractivity contribution in [3.8, 4) is 0 Å². The summed E-state index contributed by atoms with van der Waals surface area (Å²) in [7, 11) is 1.84. The largest absolute Gasteiger partial charge is 0.362 e. The standard InChI is InChI=1S/C12H20N8/c1-4-5-9-16-11(8(2)12(17-9)18-13)14-6-10-15-7-20(3)19-10/h7H,4-6,13H2,1-3H3,(H2,14,16,17,18). The highest BCUT2D eigenvalue weighted by molar-refractivity contribution is 5.56. The van der Waals surface area contributed by atoms with Gasteiger partial charge in [0.15, 0.2) is 5.82 Å². The van der Waals surface area contributed by atoms with Crippen molar-refractivity contribution in [3.63, 3.8) is 0 Å². The van der Waals surface area contributed by atoms with Crippen LogP contribution in [0.3, 0.4) is 0 Å². The Balaban J connectivity index is 2.18. The number of nitrogens with one attached hydrogen (secondary N) is 2. The molecule has 8 heteroatoms. The maximum Gasteiger partial charge on any atom is 0.169 e. The van der Waals surface area contributed by atoms with Crippen LogP contribution in [-0.2, 0) is 20.0 Å². The number of nitrogens with two attached hydrogens (primary N) is 1. The Morgan fingerprint density at radius 2 is 2.00 bits per heavy atom. The van der Waals surface area contributed by atoms with Crippen molar-refractivity contribution in [2.75, 3.05) is 10.7 Å². The van der Waals surface area contributed by atoms with Gasteiger partial charge in [-0.2, -0.15) is 5.10 Å². The molecule has 0 saturated carbocycles. The minimum absolute atomic E-state index is 0.508. The van der Waals surface area contributed by atoms with Crippen molar-refractivity contribution in [3.05, 3.63) is 23.5 Å². The quantitative estimate of drug-likeness (QED) is 0.528. The topological polar surface area (TPSA) is 107 Å². The third-order valence-corrected chi connectivity index (χ3v) is 2.86. The van der Waals surface area contributed by atoms with Gasteiger partial charge in [-0.25, -0.2) is 20.8 Å². The third kappa shape index (κ3) is 3.21. The summed E-state index contributed by atoms with van der Waals surface area (Å²) in [6, 6.07) is 0. The molecule has 0 spiro atoms. The van der Waals surface area contributed by atoms with Crippen LogP contribution in [0.4, 0.5) is 11.6 Å². The Morgan fingerprint density at radius 3 is 2.60 bits per heavy atom. The van der Waals surface area contributed by atoms with Crippen molar-refractivity contribution in [1.82, 2.24) is 24.7 Å². The van der Waals surface area contributed by atoms with Gasteiger partial charge in [0, 0.05) is 19.0 Å². The van der Waals surface area contributed by atoms with Crippen molar-refractivity contribution in [2.24, 2.45) is 12.9 Å². The maximum absolute atomic E-state index is 5.50. The average molecular weight is 276 g/mol. The summed E-state index contributed by atoms with van der Waals surface area (Å²) in [6.07, 6.45) is 3.46. The predicted octanol–water partition coefficient (Wildman–Crippen LogP) is 0.764. The fourth-order valence-corrected chi connectivity index (χ4v) is 1.84. The first-order valence-corrected chi connectivity index (χ1v) is 6.56. The summed E-state index contributed by atoms with van der Waals surface area (Å²) in [5.41, 5.74) is 3.49. The van der Waals surface area contributed by atoms with Crippen LogP contribution in [-0.4, -0.2) is 24.7 Å². The number of hydrogen-bond donors (Lipinski definition) is 3. The zero-order valence-electron chi connectivity index (χ0n) is 12.0. The van der Waals surface area contributed by atoms with E-state index in [0.717, 1.165) is 30.0 Å². The van der Waals surface area contributed by atoms with Crippen molar-refractivity contribution < 1.29 is 0 Å². The van der Waals surface area contributed by atoms with Crippen molar-refractivity contribution in [1.29, 1.82) is 0 Å². The number of rotatable bonds is 6. The Hall–Kier alpha value is -2.22. The van der Waals surface area contributed by atoms with Gasteiger partial charge in [0.05, 0.1) is 6.54 Å². The monoisotopic (exact) mass is 276 g/mol. The third-order valence-electron chi connectivity index (χ3n) is 2.86. The Kier molecular flexibility index (Phi) is 4.46. The molecule has 0 aliphatic heterocycles. The zero-order chi connectivity index (χ0) is 14.5. The second-order valence-corrected chi connectivity index (χ2v) is 4.54. The lowest BCUT2D eigenvalue weighted by Gasteiger charge is -2.12. The van der Waals surface area contributed by atoms with E-state index in [1.165, 1.54) is 0 Å². The minimum atomic E-state index is 0.508. The average Bonchev–Trinajstić information content (AvgIpc) is 2.85. The molecule has 2 aromatic rings. The Morgan fingerprint density at radius 1 is 1.25 bits per heavy atom. The molecule has 108 valence electrons. The van der Waals surface area contributed by atoms with E-state index in [9.17, 15) is 0 Å².